The average molecular weight is 342 g/mol. The summed E-state index contributed by atoms with van der Waals surface area (Å²) in [6.45, 7) is 3.91. The first kappa shape index (κ1) is 19.7. The first-order valence-electron chi connectivity index (χ1n) is 8.00. The second kappa shape index (κ2) is 10.5. The molecule has 1 saturated heterocycles. The number of hydrogen-bond donors (Lipinski definition) is 2. The number of piperidine rings is 1. The van der Waals surface area contributed by atoms with E-state index in [1.807, 2.05) is 38.4 Å². The monoisotopic (exact) mass is 341 g/mol. The van der Waals surface area contributed by atoms with Gasteiger partial charge in [-0.3, -0.25) is 4.79 Å². The van der Waals surface area contributed by atoms with Crippen molar-refractivity contribution in [1.82, 2.24) is 15.5 Å². The van der Waals surface area contributed by atoms with Crippen molar-refractivity contribution < 1.29 is 9.53 Å². The summed E-state index contributed by atoms with van der Waals surface area (Å²) in [6.07, 6.45) is 1.85. The second-order valence-corrected chi connectivity index (χ2v) is 6.00. The van der Waals surface area contributed by atoms with Crippen molar-refractivity contribution in [2.45, 2.75) is 19.4 Å². The summed E-state index contributed by atoms with van der Waals surface area (Å²) in [5.41, 5.74) is 1.03. The van der Waals surface area contributed by atoms with Gasteiger partial charge >= 0.3 is 0 Å². The predicted octanol–water partition coefficient (Wildman–Crippen LogP) is 1.66. The molecule has 1 aliphatic heterocycles. The largest absolute Gasteiger partial charge is 0.492 e. The van der Waals surface area contributed by atoms with Crippen LogP contribution in [0.2, 0.25) is 0 Å². The first-order valence-corrected chi connectivity index (χ1v) is 8.00. The Hall–Kier alpha value is -1.30. The van der Waals surface area contributed by atoms with E-state index in [9.17, 15) is 4.79 Å². The van der Waals surface area contributed by atoms with Gasteiger partial charge in [0.05, 0.1) is 0 Å². The Bertz CT molecular complexity index is 477. The van der Waals surface area contributed by atoms with Crippen LogP contribution < -0.4 is 15.4 Å². The number of rotatable bonds is 7. The molecule has 1 aliphatic rings. The zero-order chi connectivity index (χ0) is 15.8. The molecule has 0 bridgehead atoms. The average Bonchev–Trinajstić information content (AvgIpc) is 2.54. The molecule has 0 atom stereocenters. The topological polar surface area (TPSA) is 53.6 Å². The highest BCUT2D eigenvalue weighted by Gasteiger charge is 2.20. The highest BCUT2D eigenvalue weighted by Crippen LogP contribution is 2.18. The summed E-state index contributed by atoms with van der Waals surface area (Å²) >= 11 is 0. The van der Waals surface area contributed by atoms with Crippen LogP contribution in [0.3, 0.4) is 0 Å². The lowest BCUT2D eigenvalue weighted by molar-refractivity contribution is -0.125. The fourth-order valence-electron chi connectivity index (χ4n) is 2.54. The number of amides is 1. The molecule has 1 aromatic rings. The summed E-state index contributed by atoms with van der Waals surface area (Å²) < 4.78 is 5.82. The van der Waals surface area contributed by atoms with Gasteiger partial charge in [0.2, 0.25) is 5.91 Å². The van der Waals surface area contributed by atoms with Crippen LogP contribution in [0.5, 0.6) is 5.75 Å². The minimum atomic E-state index is 0. The molecule has 6 heteroatoms. The van der Waals surface area contributed by atoms with Gasteiger partial charge < -0.3 is 20.3 Å². The fourth-order valence-corrected chi connectivity index (χ4v) is 2.54. The van der Waals surface area contributed by atoms with Gasteiger partial charge in [-0.2, -0.15) is 0 Å². The number of halogens is 1. The molecule has 1 heterocycles. The number of carbonyl (C=O) groups is 1. The van der Waals surface area contributed by atoms with E-state index in [-0.39, 0.29) is 24.2 Å². The summed E-state index contributed by atoms with van der Waals surface area (Å²) in [7, 11) is 4.04. The number of ether oxygens (including phenoxy) is 1. The zero-order valence-electron chi connectivity index (χ0n) is 14.0. The normalized spacial score (nSPS) is 15.1. The molecule has 0 aromatic heterocycles. The van der Waals surface area contributed by atoms with E-state index in [0.717, 1.165) is 43.8 Å². The number of carbonyl (C=O) groups excluding carboxylic acids is 1. The van der Waals surface area contributed by atoms with Crippen LogP contribution >= 0.6 is 12.4 Å². The maximum atomic E-state index is 12.2. The fraction of sp³-hybridized carbons (Fsp3) is 0.588. The highest BCUT2D eigenvalue weighted by molar-refractivity contribution is 5.85. The maximum Gasteiger partial charge on any atom is 0.223 e. The van der Waals surface area contributed by atoms with Gasteiger partial charge in [0.15, 0.2) is 0 Å². The number of likely N-dealkylation sites (N-methyl/N-ethyl adjacent to an activating group) is 1. The third-order valence-corrected chi connectivity index (χ3v) is 3.93. The number of hydrogen-bond acceptors (Lipinski definition) is 4. The van der Waals surface area contributed by atoms with Crippen LogP contribution in [0.15, 0.2) is 24.3 Å². The number of nitrogens with zero attached hydrogens (tertiary/aromatic N) is 1. The van der Waals surface area contributed by atoms with E-state index in [4.69, 9.17) is 4.74 Å². The third-order valence-electron chi connectivity index (χ3n) is 3.93. The van der Waals surface area contributed by atoms with E-state index >= 15 is 0 Å². The van der Waals surface area contributed by atoms with E-state index in [0.29, 0.717) is 13.2 Å². The molecule has 5 nitrogen and oxygen atoms in total. The lowest BCUT2D eigenvalue weighted by Gasteiger charge is -2.22. The van der Waals surface area contributed by atoms with Crippen molar-refractivity contribution in [3.05, 3.63) is 29.8 Å². The molecule has 130 valence electrons. The highest BCUT2D eigenvalue weighted by atomic mass is 35.5. The minimum Gasteiger partial charge on any atom is -0.492 e. The van der Waals surface area contributed by atoms with Crippen molar-refractivity contribution >= 4 is 18.3 Å². The zero-order valence-corrected chi connectivity index (χ0v) is 14.8. The number of benzene rings is 1. The molecule has 0 unspecified atom stereocenters. The van der Waals surface area contributed by atoms with Gasteiger partial charge in [0.1, 0.15) is 12.4 Å². The number of nitrogens with one attached hydrogen (secondary N) is 2. The van der Waals surface area contributed by atoms with E-state index in [2.05, 4.69) is 15.5 Å². The van der Waals surface area contributed by atoms with Crippen LogP contribution in [0.1, 0.15) is 18.4 Å². The number of para-hydroxylation sites is 1. The van der Waals surface area contributed by atoms with Crippen LogP contribution in [-0.2, 0) is 11.3 Å². The van der Waals surface area contributed by atoms with Gasteiger partial charge in [-0.25, -0.2) is 0 Å². The lowest BCUT2D eigenvalue weighted by atomic mass is 9.97. The van der Waals surface area contributed by atoms with E-state index < -0.39 is 0 Å². The summed E-state index contributed by atoms with van der Waals surface area (Å²) in [6, 6.07) is 7.91. The van der Waals surface area contributed by atoms with Crippen LogP contribution in [0.4, 0.5) is 0 Å². The molecule has 23 heavy (non-hydrogen) atoms. The van der Waals surface area contributed by atoms with E-state index in [1.165, 1.54) is 0 Å². The Morgan fingerprint density at radius 3 is 2.70 bits per heavy atom. The summed E-state index contributed by atoms with van der Waals surface area (Å²) in [5, 5.41) is 6.33. The molecule has 1 aromatic carbocycles. The van der Waals surface area contributed by atoms with Gasteiger partial charge in [0.25, 0.3) is 0 Å². The van der Waals surface area contributed by atoms with Crippen molar-refractivity contribution in [3.8, 4) is 5.75 Å². The second-order valence-electron chi connectivity index (χ2n) is 6.00. The maximum absolute atomic E-state index is 12.2. The van der Waals surface area contributed by atoms with Crippen LogP contribution in [0.25, 0.3) is 0 Å². The van der Waals surface area contributed by atoms with Gasteiger partial charge in [-0.1, -0.05) is 18.2 Å². The molecular weight excluding hydrogens is 314 g/mol. The SMILES string of the molecule is CN(C)CCOc1ccccc1CNC(=O)C1CCNCC1.Cl. The smallest absolute Gasteiger partial charge is 0.223 e. The lowest BCUT2D eigenvalue weighted by Crippen LogP contribution is -2.37. The van der Waals surface area contributed by atoms with Crippen molar-refractivity contribution in [1.29, 1.82) is 0 Å². The minimum absolute atomic E-state index is 0. The Balaban J connectivity index is 0.00000264. The summed E-state index contributed by atoms with van der Waals surface area (Å²) in [4.78, 5) is 14.3. The van der Waals surface area contributed by atoms with Gasteiger partial charge in [-0.15, -0.1) is 12.4 Å². The third kappa shape index (κ3) is 6.77. The van der Waals surface area contributed by atoms with Crippen LogP contribution in [0, 0.1) is 5.92 Å². The molecule has 2 N–H and O–H groups in total. The van der Waals surface area contributed by atoms with E-state index in [1.54, 1.807) is 0 Å². The molecule has 2 rings (SSSR count). The van der Waals surface area contributed by atoms with Crippen molar-refractivity contribution in [3.63, 3.8) is 0 Å². The van der Waals surface area contributed by atoms with Crippen molar-refractivity contribution in [2.24, 2.45) is 5.92 Å². The molecular formula is C17H28ClN3O2. The predicted molar refractivity (Wildman–Crippen MR) is 95.2 cm³/mol. The molecule has 1 fully saturated rings. The first-order chi connectivity index (χ1) is 10.7. The Labute approximate surface area is 145 Å². The molecule has 0 radical (unpaired) electrons. The van der Waals surface area contributed by atoms with Crippen molar-refractivity contribution in [2.75, 3.05) is 40.3 Å². The Kier molecular flexibility index (Phi) is 8.99. The van der Waals surface area contributed by atoms with Gasteiger partial charge in [0, 0.05) is 24.6 Å². The molecule has 0 aliphatic carbocycles. The quantitative estimate of drug-likeness (QED) is 0.792. The molecule has 1 amide bonds. The Morgan fingerprint density at radius 1 is 1.30 bits per heavy atom. The molecule has 0 saturated carbocycles. The van der Waals surface area contributed by atoms with Gasteiger partial charge in [-0.05, 0) is 46.1 Å². The standard InChI is InChI=1S/C17H27N3O2.ClH/c1-20(2)11-12-22-16-6-4-3-5-15(16)13-19-17(21)14-7-9-18-10-8-14;/h3-6,14,18H,7-13H2,1-2H3,(H,19,21);1H. The molecule has 0 spiro atoms. The summed E-state index contributed by atoms with van der Waals surface area (Å²) in [5.74, 6) is 1.16. The van der Waals surface area contributed by atoms with Crippen LogP contribution in [-0.4, -0.2) is 51.1 Å². The Morgan fingerprint density at radius 2 is 2.00 bits per heavy atom.